The van der Waals surface area contributed by atoms with Crippen LogP contribution in [0.15, 0.2) is 48.5 Å². The summed E-state index contributed by atoms with van der Waals surface area (Å²) in [7, 11) is 0. The molecule has 0 radical (unpaired) electrons. The molecular weight excluding hydrogens is 388 g/mol. The molecule has 2 N–H and O–H groups in total. The molecule has 30 heavy (non-hydrogen) atoms. The topological polar surface area (TPSA) is 82.0 Å². The predicted octanol–water partition coefficient (Wildman–Crippen LogP) is 4.79. The van der Waals surface area contributed by atoms with Crippen LogP contribution in [0, 0.1) is 23.0 Å². The van der Waals surface area contributed by atoms with E-state index < -0.39 is 34.5 Å². The van der Waals surface area contributed by atoms with Gasteiger partial charge in [-0.3, -0.25) is 9.59 Å². The van der Waals surface area contributed by atoms with Crippen LogP contribution in [0.1, 0.15) is 44.3 Å². The Hall–Kier alpha value is -4.05. The molecule has 0 atom stereocenters. The van der Waals surface area contributed by atoms with Crippen LogP contribution in [0.3, 0.4) is 0 Å². The molecule has 1 aliphatic rings. The van der Waals surface area contributed by atoms with Crippen molar-refractivity contribution in [3.8, 4) is 6.07 Å². The molecule has 0 amide bonds. The number of nitrogens with zero attached hydrogens (tertiary/aromatic N) is 1. The van der Waals surface area contributed by atoms with Gasteiger partial charge in [-0.25, -0.2) is 8.78 Å². The number of carbonyl (C=O) groups is 2. The van der Waals surface area contributed by atoms with E-state index in [1.165, 1.54) is 36.4 Å². The van der Waals surface area contributed by atoms with Crippen LogP contribution in [0.2, 0.25) is 0 Å². The van der Waals surface area contributed by atoms with E-state index in [1.807, 2.05) is 6.07 Å². The highest BCUT2D eigenvalue weighted by atomic mass is 19.1. The molecule has 148 valence electrons. The zero-order valence-corrected chi connectivity index (χ0v) is 15.8. The molecule has 0 spiro atoms. The van der Waals surface area contributed by atoms with Gasteiger partial charge in [0.15, 0.2) is 23.2 Å². The van der Waals surface area contributed by atoms with Crippen molar-refractivity contribution in [2.24, 2.45) is 0 Å². The van der Waals surface area contributed by atoms with Crippen molar-refractivity contribution in [3.63, 3.8) is 0 Å². The molecule has 0 fully saturated rings. The van der Waals surface area contributed by atoms with Gasteiger partial charge in [0, 0.05) is 23.4 Å². The fourth-order valence-electron chi connectivity index (χ4n) is 3.50. The van der Waals surface area contributed by atoms with Crippen molar-refractivity contribution >= 4 is 28.6 Å². The van der Waals surface area contributed by atoms with Crippen molar-refractivity contribution in [3.05, 3.63) is 88.0 Å². The van der Waals surface area contributed by atoms with Gasteiger partial charge in [0.2, 0.25) is 0 Å². The highest BCUT2D eigenvalue weighted by Crippen LogP contribution is 2.40. The molecule has 0 saturated heterocycles. The van der Waals surface area contributed by atoms with Gasteiger partial charge in [0.05, 0.1) is 28.4 Å². The molecule has 0 bridgehead atoms. The van der Waals surface area contributed by atoms with Crippen LogP contribution in [-0.4, -0.2) is 18.1 Å². The lowest BCUT2D eigenvalue weighted by atomic mass is 9.82. The third-order valence-electron chi connectivity index (χ3n) is 4.89. The maximum Gasteiger partial charge on any atom is 0.197 e. The monoisotopic (exact) mass is 403 g/mol. The number of hydrogen-bond donors (Lipinski definition) is 2. The minimum Gasteiger partial charge on any atom is -0.382 e. The molecular formula is C23H15F2N3O2. The van der Waals surface area contributed by atoms with Gasteiger partial charge in [-0.05, 0) is 31.2 Å². The quantitative estimate of drug-likeness (QED) is 0.512. The molecule has 1 aliphatic carbocycles. The summed E-state index contributed by atoms with van der Waals surface area (Å²) in [5.74, 6) is -3.43. The number of carbonyl (C=O) groups excluding carboxylic acids is 2. The van der Waals surface area contributed by atoms with Gasteiger partial charge < -0.3 is 10.6 Å². The van der Waals surface area contributed by atoms with Crippen LogP contribution in [0.4, 0.5) is 25.8 Å². The van der Waals surface area contributed by atoms with Gasteiger partial charge in [-0.15, -0.1) is 0 Å². The highest BCUT2D eigenvalue weighted by Gasteiger charge is 2.38. The minimum atomic E-state index is -1.14. The average Bonchev–Trinajstić information content (AvgIpc) is 2.77. The van der Waals surface area contributed by atoms with Gasteiger partial charge in [0.1, 0.15) is 5.69 Å². The van der Waals surface area contributed by atoms with Gasteiger partial charge in [-0.2, -0.15) is 5.26 Å². The maximum atomic E-state index is 15.4. The Bertz CT molecular complexity index is 1240. The van der Waals surface area contributed by atoms with E-state index in [0.717, 1.165) is 0 Å². The molecule has 0 heterocycles. The summed E-state index contributed by atoms with van der Waals surface area (Å²) >= 11 is 0. The van der Waals surface area contributed by atoms with Crippen molar-refractivity contribution in [1.82, 2.24) is 0 Å². The first-order chi connectivity index (χ1) is 14.5. The summed E-state index contributed by atoms with van der Waals surface area (Å²) in [5, 5.41) is 14.3. The fourth-order valence-corrected chi connectivity index (χ4v) is 3.50. The number of halogens is 2. The van der Waals surface area contributed by atoms with Gasteiger partial charge in [0.25, 0.3) is 0 Å². The third kappa shape index (κ3) is 2.90. The highest BCUT2D eigenvalue weighted by molar-refractivity contribution is 6.30. The lowest BCUT2D eigenvalue weighted by molar-refractivity contribution is 0.0976. The Morgan fingerprint density at radius 3 is 2.03 bits per heavy atom. The Morgan fingerprint density at radius 2 is 1.47 bits per heavy atom. The van der Waals surface area contributed by atoms with Crippen molar-refractivity contribution < 1.29 is 18.4 Å². The van der Waals surface area contributed by atoms with Gasteiger partial charge in [-0.1, -0.05) is 24.3 Å². The third-order valence-corrected chi connectivity index (χ3v) is 4.89. The maximum absolute atomic E-state index is 15.4. The van der Waals surface area contributed by atoms with Crippen molar-refractivity contribution in [1.29, 1.82) is 5.26 Å². The Labute approximate surface area is 171 Å². The lowest BCUT2D eigenvalue weighted by Crippen LogP contribution is -2.26. The molecule has 3 aromatic carbocycles. The second-order valence-corrected chi connectivity index (χ2v) is 6.68. The van der Waals surface area contributed by atoms with Crippen LogP contribution in [-0.2, 0) is 0 Å². The first-order valence-corrected chi connectivity index (χ1v) is 9.22. The average molecular weight is 403 g/mol. The standard InChI is InChI=1S/C23H15F2N3O2/c1-2-27-20-17-16(22(29)14-5-3-4-6-15(14)23(17)30)18(24)21(19(20)25)28-13-9-7-12(11-26)8-10-13/h3-10,27-28H,2H2,1H3. The molecule has 5 nitrogen and oxygen atoms in total. The van der Waals surface area contributed by atoms with E-state index in [4.69, 9.17) is 5.26 Å². The summed E-state index contributed by atoms with van der Waals surface area (Å²) in [4.78, 5) is 26.0. The number of rotatable bonds is 4. The van der Waals surface area contributed by atoms with E-state index in [2.05, 4.69) is 10.6 Å². The molecule has 4 rings (SSSR count). The van der Waals surface area contributed by atoms with Crippen LogP contribution >= 0.6 is 0 Å². The van der Waals surface area contributed by atoms with E-state index in [9.17, 15) is 9.59 Å². The summed E-state index contributed by atoms with van der Waals surface area (Å²) in [6.07, 6.45) is 0. The number of nitrogens with one attached hydrogen (secondary N) is 2. The lowest BCUT2D eigenvalue weighted by Gasteiger charge is -2.24. The van der Waals surface area contributed by atoms with E-state index in [1.54, 1.807) is 19.1 Å². The molecule has 7 heteroatoms. The molecule has 0 saturated carbocycles. The smallest absolute Gasteiger partial charge is 0.197 e. The number of anilines is 3. The number of benzene rings is 3. The number of ketones is 2. The predicted molar refractivity (Wildman–Crippen MR) is 108 cm³/mol. The second-order valence-electron chi connectivity index (χ2n) is 6.68. The van der Waals surface area contributed by atoms with Crippen LogP contribution < -0.4 is 10.6 Å². The fraction of sp³-hybridized carbons (Fsp3) is 0.0870. The van der Waals surface area contributed by atoms with E-state index in [-0.39, 0.29) is 28.9 Å². The minimum absolute atomic E-state index is 0.0762. The number of nitriles is 1. The van der Waals surface area contributed by atoms with Gasteiger partial charge >= 0.3 is 0 Å². The number of hydrogen-bond acceptors (Lipinski definition) is 5. The number of fused-ring (bicyclic) bond motifs is 2. The zero-order chi connectivity index (χ0) is 21.4. The molecule has 3 aromatic rings. The molecule has 0 aromatic heterocycles. The SMILES string of the molecule is CCNc1c(F)c(Nc2ccc(C#N)cc2)c(F)c2c1C(=O)c1ccccc1C2=O. The largest absolute Gasteiger partial charge is 0.382 e. The summed E-state index contributed by atoms with van der Waals surface area (Å²) in [6.45, 7) is 1.96. The normalized spacial score (nSPS) is 12.1. The summed E-state index contributed by atoms with van der Waals surface area (Å²) < 4.78 is 30.8. The summed E-state index contributed by atoms with van der Waals surface area (Å²) in [5.41, 5.74) is -0.643. The second kappa shape index (κ2) is 7.41. The summed E-state index contributed by atoms with van der Waals surface area (Å²) in [6, 6.07) is 14.0. The van der Waals surface area contributed by atoms with Crippen LogP contribution in [0.25, 0.3) is 0 Å². The molecule has 0 aliphatic heterocycles. The Balaban J connectivity index is 1.93. The van der Waals surface area contributed by atoms with Crippen molar-refractivity contribution in [2.75, 3.05) is 17.2 Å². The van der Waals surface area contributed by atoms with E-state index in [0.29, 0.717) is 11.3 Å². The Morgan fingerprint density at radius 1 is 0.867 bits per heavy atom. The first-order valence-electron chi connectivity index (χ1n) is 9.22. The Kier molecular flexibility index (Phi) is 4.76. The molecule has 0 unspecified atom stereocenters. The van der Waals surface area contributed by atoms with E-state index >= 15 is 8.78 Å². The zero-order valence-electron chi connectivity index (χ0n) is 15.8. The van der Waals surface area contributed by atoms with Crippen molar-refractivity contribution in [2.45, 2.75) is 6.92 Å². The van der Waals surface area contributed by atoms with Crippen LogP contribution in [0.5, 0.6) is 0 Å². The first kappa shape index (κ1) is 19.3.